The van der Waals surface area contributed by atoms with E-state index in [9.17, 15) is 0 Å². The van der Waals surface area contributed by atoms with E-state index in [2.05, 4.69) is 41.0 Å². The molecule has 1 aromatic rings. The Morgan fingerprint density at radius 1 is 1.15 bits per heavy atom. The summed E-state index contributed by atoms with van der Waals surface area (Å²) >= 11 is 0. The van der Waals surface area contributed by atoms with Crippen molar-refractivity contribution < 1.29 is 0 Å². The molecule has 0 spiro atoms. The van der Waals surface area contributed by atoms with E-state index < -0.39 is 0 Å². The molecule has 1 aliphatic carbocycles. The number of aromatic nitrogens is 2. The first kappa shape index (κ1) is 13.8. The Bertz CT molecular complexity index is 437. The van der Waals surface area contributed by atoms with E-state index in [4.69, 9.17) is 0 Å². The average molecular weight is 274 g/mol. The molecule has 1 saturated carbocycles. The zero-order chi connectivity index (χ0) is 14.2. The number of hydrogen-bond donors (Lipinski definition) is 1. The summed E-state index contributed by atoms with van der Waals surface area (Å²) < 4.78 is 0. The molecular weight excluding hydrogens is 248 g/mol. The lowest BCUT2D eigenvalue weighted by molar-refractivity contribution is 0.421. The summed E-state index contributed by atoms with van der Waals surface area (Å²) in [7, 11) is 0. The van der Waals surface area contributed by atoms with Crippen molar-refractivity contribution in [3.63, 3.8) is 0 Å². The predicted molar refractivity (Wildman–Crippen MR) is 81.7 cm³/mol. The van der Waals surface area contributed by atoms with E-state index in [1.54, 1.807) is 0 Å². The normalized spacial score (nSPS) is 26.1. The van der Waals surface area contributed by atoms with Crippen LogP contribution >= 0.6 is 0 Å². The van der Waals surface area contributed by atoms with Crippen molar-refractivity contribution in [3.05, 3.63) is 18.1 Å². The summed E-state index contributed by atoms with van der Waals surface area (Å²) in [6.45, 7) is 9.63. The molecule has 0 aromatic carbocycles. The summed E-state index contributed by atoms with van der Waals surface area (Å²) in [5.74, 6) is 2.86. The van der Waals surface area contributed by atoms with Crippen molar-refractivity contribution in [2.24, 2.45) is 11.8 Å². The summed E-state index contributed by atoms with van der Waals surface area (Å²) in [6.07, 6.45) is 8.10. The highest BCUT2D eigenvalue weighted by molar-refractivity contribution is 5.38. The van der Waals surface area contributed by atoms with Gasteiger partial charge >= 0.3 is 0 Å². The van der Waals surface area contributed by atoms with Crippen LogP contribution in [0.4, 0.5) is 5.82 Å². The average Bonchev–Trinajstić information content (AvgIpc) is 2.97. The zero-order valence-electron chi connectivity index (χ0n) is 12.9. The molecule has 0 amide bonds. The Labute approximate surface area is 122 Å². The van der Waals surface area contributed by atoms with Crippen molar-refractivity contribution in [3.8, 4) is 0 Å². The lowest BCUT2D eigenvalue weighted by atomic mass is 10.0. The topological polar surface area (TPSA) is 41.1 Å². The molecule has 4 heteroatoms. The second-order valence-electron chi connectivity index (χ2n) is 7.33. The van der Waals surface area contributed by atoms with E-state index in [1.165, 1.54) is 32.4 Å². The minimum Gasteiger partial charge on any atom is -0.355 e. The third-order valence-corrected chi connectivity index (χ3v) is 4.54. The summed E-state index contributed by atoms with van der Waals surface area (Å²) in [6, 6.07) is 0. The molecule has 2 heterocycles. The molecule has 2 atom stereocenters. The first-order valence-corrected chi connectivity index (χ1v) is 7.82. The maximum atomic E-state index is 4.61. The van der Waals surface area contributed by atoms with E-state index >= 15 is 0 Å². The van der Waals surface area contributed by atoms with Crippen LogP contribution in [0.1, 0.15) is 45.7 Å². The molecule has 1 saturated heterocycles. The van der Waals surface area contributed by atoms with E-state index in [0.29, 0.717) is 0 Å². The number of anilines is 1. The molecule has 1 aromatic heterocycles. The molecule has 110 valence electrons. The molecule has 4 nitrogen and oxygen atoms in total. The quantitative estimate of drug-likeness (QED) is 0.920. The molecular formula is C16H26N4. The van der Waals surface area contributed by atoms with Crippen LogP contribution < -0.4 is 10.2 Å². The Kier molecular flexibility index (Phi) is 3.67. The maximum Gasteiger partial charge on any atom is 0.147 e. The van der Waals surface area contributed by atoms with Crippen molar-refractivity contribution in [2.75, 3.05) is 18.0 Å². The Hall–Kier alpha value is -1.16. The van der Waals surface area contributed by atoms with Crippen LogP contribution in [-0.4, -0.2) is 28.6 Å². The van der Waals surface area contributed by atoms with E-state index in [1.807, 2.05) is 12.4 Å². The highest BCUT2D eigenvalue weighted by Gasteiger charge is 2.36. The van der Waals surface area contributed by atoms with Crippen molar-refractivity contribution >= 4 is 5.82 Å². The molecule has 20 heavy (non-hydrogen) atoms. The van der Waals surface area contributed by atoms with Crippen LogP contribution in [0.2, 0.25) is 0 Å². The van der Waals surface area contributed by atoms with Crippen LogP contribution in [0.15, 0.2) is 12.4 Å². The number of nitrogens with one attached hydrogen (secondary N) is 1. The van der Waals surface area contributed by atoms with Crippen LogP contribution in [0.25, 0.3) is 0 Å². The summed E-state index contributed by atoms with van der Waals surface area (Å²) in [4.78, 5) is 11.6. The van der Waals surface area contributed by atoms with Crippen LogP contribution in [0.3, 0.4) is 0 Å². The molecule has 0 radical (unpaired) electrons. The fourth-order valence-corrected chi connectivity index (χ4v) is 3.38. The largest absolute Gasteiger partial charge is 0.355 e. The van der Waals surface area contributed by atoms with E-state index in [0.717, 1.165) is 29.9 Å². The smallest absolute Gasteiger partial charge is 0.147 e. The molecule has 2 unspecified atom stereocenters. The van der Waals surface area contributed by atoms with E-state index in [-0.39, 0.29) is 5.54 Å². The van der Waals surface area contributed by atoms with Gasteiger partial charge in [0.2, 0.25) is 0 Å². The number of nitrogens with zero attached hydrogens (tertiary/aromatic N) is 3. The van der Waals surface area contributed by atoms with Gasteiger partial charge in [-0.3, -0.25) is 4.98 Å². The SMILES string of the molecule is CC(C)(C)NCc1cnc(N2CC3CCCC3C2)cn1. The third kappa shape index (κ3) is 3.11. The molecule has 1 aliphatic heterocycles. The van der Waals surface area contributed by atoms with Crippen LogP contribution in [0, 0.1) is 11.8 Å². The van der Waals surface area contributed by atoms with Gasteiger partial charge in [0.25, 0.3) is 0 Å². The second kappa shape index (κ2) is 5.32. The molecule has 2 fully saturated rings. The Morgan fingerprint density at radius 2 is 1.85 bits per heavy atom. The van der Waals surface area contributed by atoms with Gasteiger partial charge in [-0.05, 0) is 45.4 Å². The first-order valence-electron chi connectivity index (χ1n) is 7.82. The molecule has 1 N–H and O–H groups in total. The predicted octanol–water partition coefficient (Wildman–Crippen LogP) is 2.60. The molecule has 2 aliphatic rings. The summed E-state index contributed by atoms with van der Waals surface area (Å²) in [5, 5.41) is 3.44. The van der Waals surface area contributed by atoms with Crippen molar-refractivity contribution in [2.45, 2.75) is 52.1 Å². The number of hydrogen-bond acceptors (Lipinski definition) is 4. The lowest BCUT2D eigenvalue weighted by Crippen LogP contribution is -2.35. The minimum atomic E-state index is 0.118. The highest BCUT2D eigenvalue weighted by atomic mass is 15.2. The minimum absolute atomic E-state index is 0.118. The second-order valence-corrected chi connectivity index (χ2v) is 7.33. The van der Waals surface area contributed by atoms with Crippen molar-refractivity contribution in [1.29, 1.82) is 0 Å². The van der Waals surface area contributed by atoms with Gasteiger partial charge in [0, 0.05) is 25.2 Å². The van der Waals surface area contributed by atoms with Gasteiger partial charge in [-0.1, -0.05) is 6.42 Å². The lowest BCUT2D eigenvalue weighted by Gasteiger charge is -2.21. The Morgan fingerprint density at radius 3 is 2.40 bits per heavy atom. The van der Waals surface area contributed by atoms with Gasteiger partial charge in [0.05, 0.1) is 18.1 Å². The van der Waals surface area contributed by atoms with Gasteiger partial charge in [-0.15, -0.1) is 0 Å². The van der Waals surface area contributed by atoms with Gasteiger partial charge in [-0.2, -0.15) is 0 Å². The Balaban J connectivity index is 1.59. The monoisotopic (exact) mass is 274 g/mol. The standard InChI is InChI=1S/C16H26N4/c1-16(2,3)19-8-14-7-18-15(9-17-14)20-10-12-5-4-6-13(12)11-20/h7,9,12-13,19H,4-6,8,10-11H2,1-3H3. The maximum absolute atomic E-state index is 4.61. The fraction of sp³-hybridized carbons (Fsp3) is 0.750. The van der Waals surface area contributed by atoms with Crippen LogP contribution in [-0.2, 0) is 6.54 Å². The van der Waals surface area contributed by atoms with Gasteiger partial charge in [0.1, 0.15) is 5.82 Å². The van der Waals surface area contributed by atoms with Crippen LogP contribution in [0.5, 0.6) is 0 Å². The van der Waals surface area contributed by atoms with Gasteiger partial charge in [-0.25, -0.2) is 4.98 Å². The number of rotatable bonds is 3. The molecule has 0 bridgehead atoms. The summed E-state index contributed by atoms with van der Waals surface area (Å²) in [5.41, 5.74) is 1.13. The zero-order valence-corrected chi connectivity index (χ0v) is 12.9. The molecule has 3 rings (SSSR count). The number of fused-ring (bicyclic) bond motifs is 1. The van der Waals surface area contributed by atoms with Crippen molar-refractivity contribution in [1.82, 2.24) is 15.3 Å². The van der Waals surface area contributed by atoms with Gasteiger partial charge < -0.3 is 10.2 Å². The highest BCUT2D eigenvalue weighted by Crippen LogP contribution is 2.38. The first-order chi connectivity index (χ1) is 9.51. The third-order valence-electron chi connectivity index (χ3n) is 4.54. The fourth-order valence-electron chi connectivity index (χ4n) is 3.38. The van der Waals surface area contributed by atoms with Gasteiger partial charge in [0.15, 0.2) is 0 Å².